The molecule has 2 fully saturated rings. The third kappa shape index (κ3) is 3.79. The first-order valence-electron chi connectivity index (χ1n) is 7.92. The summed E-state index contributed by atoms with van der Waals surface area (Å²) in [5, 5.41) is 0. The average Bonchev–Trinajstić information content (AvgIpc) is 3.05. The number of rotatable bonds is 3. The van der Waals surface area contributed by atoms with Gasteiger partial charge in [-0.05, 0) is 37.0 Å². The van der Waals surface area contributed by atoms with Gasteiger partial charge in [-0.2, -0.15) is 0 Å². The third-order valence-corrected chi connectivity index (χ3v) is 4.87. The molecular weight excluding hydrogens is 316 g/mol. The van der Waals surface area contributed by atoms with Crippen LogP contribution in [0.5, 0.6) is 5.75 Å². The summed E-state index contributed by atoms with van der Waals surface area (Å²) in [5.41, 5.74) is 6.85. The van der Waals surface area contributed by atoms with Crippen LogP contribution in [0.25, 0.3) is 0 Å². The molecule has 0 aliphatic carbocycles. The van der Waals surface area contributed by atoms with E-state index >= 15 is 0 Å². The summed E-state index contributed by atoms with van der Waals surface area (Å²) in [6.45, 7) is 2.70. The molecule has 3 rings (SSSR count). The Bertz CT molecular complexity index is 529. The van der Waals surface area contributed by atoms with Gasteiger partial charge in [-0.25, -0.2) is 0 Å². The lowest BCUT2D eigenvalue weighted by molar-refractivity contribution is -0.139. The molecule has 1 aromatic rings. The predicted molar refractivity (Wildman–Crippen MR) is 91.2 cm³/mol. The van der Waals surface area contributed by atoms with Gasteiger partial charge in [-0.15, -0.1) is 12.4 Å². The lowest BCUT2D eigenvalue weighted by Gasteiger charge is -2.35. The van der Waals surface area contributed by atoms with Crippen LogP contribution < -0.4 is 10.5 Å². The van der Waals surface area contributed by atoms with Crippen molar-refractivity contribution in [2.24, 2.45) is 5.73 Å². The van der Waals surface area contributed by atoms with E-state index in [2.05, 4.69) is 12.1 Å². The Kier molecular flexibility index (Phi) is 5.89. The van der Waals surface area contributed by atoms with Crippen molar-refractivity contribution < 1.29 is 14.3 Å². The first-order valence-corrected chi connectivity index (χ1v) is 7.92. The maximum atomic E-state index is 12.7. The molecule has 5 nitrogen and oxygen atoms in total. The van der Waals surface area contributed by atoms with Gasteiger partial charge >= 0.3 is 0 Å². The molecule has 0 radical (unpaired) electrons. The number of carbonyl (C=O) groups is 1. The van der Waals surface area contributed by atoms with E-state index < -0.39 is 5.54 Å². The minimum absolute atomic E-state index is 0. The lowest BCUT2D eigenvalue weighted by atomic mass is 9.89. The van der Waals surface area contributed by atoms with E-state index in [9.17, 15) is 4.79 Å². The first-order chi connectivity index (χ1) is 10.6. The van der Waals surface area contributed by atoms with Crippen molar-refractivity contribution in [2.75, 3.05) is 33.4 Å². The number of likely N-dealkylation sites (tertiary alicyclic amines) is 1. The number of ether oxygens (including phenoxy) is 2. The Morgan fingerprint density at radius 3 is 2.57 bits per heavy atom. The molecule has 2 heterocycles. The van der Waals surface area contributed by atoms with Crippen LogP contribution >= 0.6 is 12.4 Å². The topological polar surface area (TPSA) is 64.8 Å². The van der Waals surface area contributed by atoms with Crippen molar-refractivity contribution in [1.82, 2.24) is 4.90 Å². The number of nitrogens with zero attached hydrogens (tertiary/aromatic N) is 1. The summed E-state index contributed by atoms with van der Waals surface area (Å²) in [4.78, 5) is 14.7. The third-order valence-electron chi connectivity index (χ3n) is 4.87. The van der Waals surface area contributed by atoms with Crippen molar-refractivity contribution in [3.8, 4) is 5.75 Å². The van der Waals surface area contributed by atoms with Gasteiger partial charge in [0.05, 0.1) is 12.6 Å². The Labute approximate surface area is 143 Å². The minimum atomic E-state index is -0.729. The summed E-state index contributed by atoms with van der Waals surface area (Å²) in [7, 11) is 1.67. The van der Waals surface area contributed by atoms with E-state index in [0.717, 1.165) is 25.3 Å². The summed E-state index contributed by atoms with van der Waals surface area (Å²) < 4.78 is 10.5. The Morgan fingerprint density at radius 2 is 1.96 bits per heavy atom. The number of halogens is 1. The van der Waals surface area contributed by atoms with Crippen molar-refractivity contribution >= 4 is 18.3 Å². The molecule has 1 amide bonds. The van der Waals surface area contributed by atoms with Crippen LogP contribution in [0.1, 0.15) is 30.7 Å². The molecule has 6 heteroatoms. The fourth-order valence-corrected chi connectivity index (χ4v) is 3.36. The summed E-state index contributed by atoms with van der Waals surface area (Å²) in [5.74, 6) is 1.34. The van der Waals surface area contributed by atoms with Gasteiger partial charge < -0.3 is 20.1 Å². The molecule has 0 aromatic heterocycles. The van der Waals surface area contributed by atoms with Crippen LogP contribution in [0.15, 0.2) is 24.3 Å². The highest BCUT2D eigenvalue weighted by atomic mass is 35.5. The molecule has 128 valence electrons. The number of nitrogens with two attached hydrogens (primary N) is 1. The van der Waals surface area contributed by atoms with E-state index in [1.165, 1.54) is 5.56 Å². The van der Waals surface area contributed by atoms with E-state index in [-0.39, 0.29) is 18.3 Å². The second-order valence-corrected chi connectivity index (χ2v) is 6.28. The number of methoxy groups -OCH3 is 1. The number of benzene rings is 1. The van der Waals surface area contributed by atoms with Gasteiger partial charge in [-0.3, -0.25) is 4.79 Å². The second kappa shape index (κ2) is 7.51. The Hall–Kier alpha value is -1.30. The lowest BCUT2D eigenvalue weighted by Crippen LogP contribution is -2.57. The van der Waals surface area contributed by atoms with E-state index in [4.69, 9.17) is 15.2 Å². The molecule has 23 heavy (non-hydrogen) atoms. The largest absolute Gasteiger partial charge is 0.497 e. The average molecular weight is 341 g/mol. The van der Waals surface area contributed by atoms with Crippen LogP contribution in [0.2, 0.25) is 0 Å². The molecule has 2 saturated heterocycles. The number of hydrogen-bond donors (Lipinski definition) is 1. The maximum absolute atomic E-state index is 12.7. The van der Waals surface area contributed by atoms with Gasteiger partial charge in [0, 0.05) is 32.2 Å². The molecule has 2 aliphatic rings. The number of carbonyl (C=O) groups excluding carboxylic acids is 1. The number of amides is 1. The molecule has 0 bridgehead atoms. The summed E-state index contributed by atoms with van der Waals surface area (Å²) in [6, 6.07) is 8.12. The Balaban J connectivity index is 0.00000192. The van der Waals surface area contributed by atoms with Crippen LogP contribution in [-0.4, -0.2) is 49.8 Å². The van der Waals surface area contributed by atoms with Gasteiger partial charge in [-0.1, -0.05) is 12.1 Å². The van der Waals surface area contributed by atoms with Crippen LogP contribution in [0.3, 0.4) is 0 Å². The SMILES string of the molecule is COc1ccc(C2CCN(C(=O)C3(N)CCOCC3)C2)cc1.Cl. The normalized spacial score (nSPS) is 23.2. The molecular formula is C17H25ClN2O3. The summed E-state index contributed by atoms with van der Waals surface area (Å²) in [6.07, 6.45) is 2.23. The highest BCUT2D eigenvalue weighted by Crippen LogP contribution is 2.31. The van der Waals surface area contributed by atoms with Gasteiger partial charge in [0.1, 0.15) is 5.75 Å². The molecule has 0 spiro atoms. The molecule has 1 atom stereocenters. The van der Waals surface area contributed by atoms with Crippen LogP contribution in [0, 0.1) is 0 Å². The van der Waals surface area contributed by atoms with Crippen LogP contribution in [0.4, 0.5) is 0 Å². The zero-order valence-corrected chi connectivity index (χ0v) is 14.3. The predicted octanol–water partition coefficient (Wildman–Crippen LogP) is 1.94. The monoisotopic (exact) mass is 340 g/mol. The van der Waals surface area contributed by atoms with E-state index in [0.29, 0.717) is 32.0 Å². The molecule has 2 N–H and O–H groups in total. The number of hydrogen-bond acceptors (Lipinski definition) is 4. The van der Waals surface area contributed by atoms with Crippen molar-refractivity contribution in [1.29, 1.82) is 0 Å². The fraction of sp³-hybridized carbons (Fsp3) is 0.588. The molecule has 1 unspecified atom stereocenters. The van der Waals surface area contributed by atoms with E-state index in [1.54, 1.807) is 7.11 Å². The summed E-state index contributed by atoms with van der Waals surface area (Å²) >= 11 is 0. The van der Waals surface area contributed by atoms with Crippen LogP contribution in [-0.2, 0) is 9.53 Å². The Morgan fingerprint density at radius 1 is 1.30 bits per heavy atom. The zero-order chi connectivity index (χ0) is 15.6. The van der Waals surface area contributed by atoms with Crippen molar-refractivity contribution in [3.05, 3.63) is 29.8 Å². The second-order valence-electron chi connectivity index (χ2n) is 6.28. The van der Waals surface area contributed by atoms with E-state index in [1.807, 2.05) is 17.0 Å². The quantitative estimate of drug-likeness (QED) is 0.913. The zero-order valence-electron chi connectivity index (χ0n) is 13.5. The molecule has 1 aromatic carbocycles. The minimum Gasteiger partial charge on any atom is -0.497 e. The highest BCUT2D eigenvalue weighted by Gasteiger charge is 2.41. The molecule has 2 aliphatic heterocycles. The standard InChI is InChI=1S/C17H24N2O3.ClH/c1-21-15-4-2-13(3-5-15)14-6-9-19(12-14)16(20)17(18)7-10-22-11-8-17;/h2-5,14H,6-12,18H2,1H3;1H. The van der Waals surface area contributed by atoms with Gasteiger partial charge in [0.15, 0.2) is 0 Å². The van der Waals surface area contributed by atoms with Crippen molar-refractivity contribution in [2.45, 2.75) is 30.7 Å². The highest BCUT2D eigenvalue weighted by molar-refractivity contribution is 5.86. The van der Waals surface area contributed by atoms with Gasteiger partial charge in [0.25, 0.3) is 0 Å². The maximum Gasteiger partial charge on any atom is 0.242 e. The smallest absolute Gasteiger partial charge is 0.242 e. The van der Waals surface area contributed by atoms with Gasteiger partial charge in [0.2, 0.25) is 5.91 Å². The fourth-order valence-electron chi connectivity index (χ4n) is 3.36. The van der Waals surface area contributed by atoms with Crippen molar-refractivity contribution in [3.63, 3.8) is 0 Å². The molecule has 0 saturated carbocycles. The first kappa shape index (κ1) is 18.0.